The van der Waals surface area contributed by atoms with Crippen molar-refractivity contribution in [3.8, 4) is 5.75 Å². The number of aromatic nitrogens is 2. The van der Waals surface area contributed by atoms with Gasteiger partial charge in [0.25, 0.3) is 0 Å². The first kappa shape index (κ1) is 12.2. The van der Waals surface area contributed by atoms with Crippen LogP contribution in [0.5, 0.6) is 5.75 Å². The van der Waals surface area contributed by atoms with Gasteiger partial charge in [-0.3, -0.25) is 0 Å². The number of carbonyl (C=O) groups is 1. The minimum Gasteiger partial charge on any atom is -0.420 e. The fourth-order valence-corrected chi connectivity index (χ4v) is 1.63. The summed E-state index contributed by atoms with van der Waals surface area (Å²) < 4.78 is 35.7. The molecular formula is C13H6F2N2O3. The van der Waals surface area contributed by atoms with Gasteiger partial charge in [-0.25, -0.2) is 13.8 Å². The number of ether oxygens (including phenoxy) is 1. The van der Waals surface area contributed by atoms with Gasteiger partial charge >= 0.3 is 5.97 Å². The van der Waals surface area contributed by atoms with Crippen molar-refractivity contribution in [1.82, 2.24) is 10.3 Å². The second kappa shape index (κ2) is 4.69. The number of nitrogens with zero attached hydrogens (tertiary/aromatic N) is 2. The van der Waals surface area contributed by atoms with Gasteiger partial charge in [0.2, 0.25) is 5.82 Å². The van der Waals surface area contributed by atoms with E-state index < -0.39 is 23.4 Å². The van der Waals surface area contributed by atoms with Crippen molar-refractivity contribution in [3.63, 3.8) is 0 Å². The first-order chi connectivity index (χ1) is 9.65. The molecule has 0 unspecified atom stereocenters. The Balaban J connectivity index is 1.90. The van der Waals surface area contributed by atoms with Gasteiger partial charge in [0, 0.05) is 0 Å². The van der Waals surface area contributed by atoms with E-state index in [9.17, 15) is 13.6 Å². The lowest BCUT2D eigenvalue weighted by Crippen LogP contribution is -2.10. The van der Waals surface area contributed by atoms with Crippen LogP contribution in [0.2, 0.25) is 0 Å². The predicted molar refractivity (Wildman–Crippen MR) is 63.1 cm³/mol. The standard InChI is InChI=1S/C13H6F2N2O3/c14-8-2-1-3-11(12(8)15)19-13(18)7-4-5-9-10(6-7)17-20-16-9/h1-6H. The molecule has 0 aliphatic carbocycles. The minimum atomic E-state index is -1.22. The molecule has 5 nitrogen and oxygen atoms in total. The maximum absolute atomic E-state index is 13.4. The molecule has 1 aromatic heterocycles. The number of hydrogen-bond acceptors (Lipinski definition) is 5. The number of carbonyl (C=O) groups excluding carboxylic acids is 1. The molecule has 2 aromatic carbocycles. The van der Waals surface area contributed by atoms with Crippen molar-refractivity contribution >= 4 is 17.0 Å². The largest absolute Gasteiger partial charge is 0.420 e. The average Bonchev–Trinajstić information content (AvgIpc) is 2.91. The van der Waals surface area contributed by atoms with Crippen LogP contribution in [0.3, 0.4) is 0 Å². The molecule has 0 saturated carbocycles. The number of esters is 1. The summed E-state index contributed by atoms with van der Waals surface area (Å²) in [5.74, 6) is -3.62. The van der Waals surface area contributed by atoms with Crippen LogP contribution in [0.25, 0.3) is 11.0 Å². The summed E-state index contributed by atoms with van der Waals surface area (Å²) in [5, 5.41) is 7.15. The minimum absolute atomic E-state index is 0.122. The zero-order valence-corrected chi connectivity index (χ0v) is 9.84. The molecule has 0 spiro atoms. The van der Waals surface area contributed by atoms with Crippen molar-refractivity contribution in [3.05, 3.63) is 53.6 Å². The number of fused-ring (bicyclic) bond motifs is 1. The zero-order valence-electron chi connectivity index (χ0n) is 9.84. The second-order valence-electron chi connectivity index (χ2n) is 3.91. The fourth-order valence-electron chi connectivity index (χ4n) is 1.63. The second-order valence-corrected chi connectivity index (χ2v) is 3.91. The monoisotopic (exact) mass is 276 g/mol. The Morgan fingerprint density at radius 1 is 1.10 bits per heavy atom. The van der Waals surface area contributed by atoms with Crippen molar-refractivity contribution < 1.29 is 22.9 Å². The highest BCUT2D eigenvalue weighted by Crippen LogP contribution is 2.21. The summed E-state index contributed by atoms with van der Waals surface area (Å²) in [5.41, 5.74) is 0.953. The lowest BCUT2D eigenvalue weighted by molar-refractivity contribution is 0.0727. The third-order valence-electron chi connectivity index (χ3n) is 2.61. The molecule has 0 saturated heterocycles. The van der Waals surface area contributed by atoms with Crippen molar-refractivity contribution in [2.75, 3.05) is 0 Å². The van der Waals surface area contributed by atoms with Crippen LogP contribution in [-0.4, -0.2) is 16.3 Å². The van der Waals surface area contributed by atoms with Gasteiger partial charge in [-0.15, -0.1) is 0 Å². The highest BCUT2D eigenvalue weighted by molar-refractivity contribution is 5.94. The van der Waals surface area contributed by atoms with Gasteiger partial charge in [-0.1, -0.05) is 6.07 Å². The van der Waals surface area contributed by atoms with Gasteiger partial charge in [-0.2, -0.15) is 4.39 Å². The molecule has 100 valence electrons. The average molecular weight is 276 g/mol. The van der Waals surface area contributed by atoms with E-state index in [1.54, 1.807) is 0 Å². The Hall–Kier alpha value is -2.83. The van der Waals surface area contributed by atoms with Gasteiger partial charge < -0.3 is 4.74 Å². The molecule has 1 heterocycles. The molecule has 7 heteroatoms. The summed E-state index contributed by atoms with van der Waals surface area (Å²) >= 11 is 0. The Bertz CT molecular complexity index is 801. The highest BCUT2D eigenvalue weighted by atomic mass is 19.2. The Morgan fingerprint density at radius 2 is 1.90 bits per heavy atom. The molecule has 0 amide bonds. The van der Waals surface area contributed by atoms with Gasteiger partial charge in [0.05, 0.1) is 5.56 Å². The fraction of sp³-hybridized carbons (Fsp3) is 0. The van der Waals surface area contributed by atoms with Crippen molar-refractivity contribution in [2.45, 2.75) is 0 Å². The molecule has 0 atom stereocenters. The molecule has 0 bridgehead atoms. The highest BCUT2D eigenvalue weighted by Gasteiger charge is 2.15. The Morgan fingerprint density at radius 3 is 2.75 bits per heavy atom. The van der Waals surface area contributed by atoms with Crippen LogP contribution >= 0.6 is 0 Å². The molecule has 20 heavy (non-hydrogen) atoms. The molecular weight excluding hydrogens is 270 g/mol. The summed E-state index contributed by atoms with van der Waals surface area (Å²) in [4.78, 5) is 11.9. The third-order valence-corrected chi connectivity index (χ3v) is 2.61. The smallest absolute Gasteiger partial charge is 0.343 e. The van der Waals surface area contributed by atoms with E-state index in [0.717, 1.165) is 12.1 Å². The van der Waals surface area contributed by atoms with Crippen LogP contribution in [0.15, 0.2) is 41.0 Å². The molecule has 0 fully saturated rings. The maximum atomic E-state index is 13.4. The predicted octanol–water partition coefficient (Wildman–Crippen LogP) is 2.72. The van der Waals surface area contributed by atoms with Crippen LogP contribution in [-0.2, 0) is 0 Å². The van der Waals surface area contributed by atoms with Crippen LogP contribution in [0.1, 0.15) is 10.4 Å². The summed E-state index contributed by atoms with van der Waals surface area (Å²) in [7, 11) is 0. The van der Waals surface area contributed by atoms with Crippen LogP contribution in [0.4, 0.5) is 8.78 Å². The van der Waals surface area contributed by atoms with E-state index in [1.807, 2.05) is 0 Å². The lowest BCUT2D eigenvalue weighted by Gasteiger charge is -2.05. The summed E-state index contributed by atoms with van der Waals surface area (Å²) in [6.07, 6.45) is 0. The SMILES string of the molecule is O=C(Oc1cccc(F)c1F)c1ccc2nonc2c1. The molecule has 3 aromatic rings. The molecule has 0 aliphatic rings. The van der Waals surface area contributed by atoms with E-state index >= 15 is 0 Å². The number of hydrogen-bond donors (Lipinski definition) is 0. The summed E-state index contributed by atoms with van der Waals surface area (Å²) in [6.45, 7) is 0. The molecule has 0 aliphatic heterocycles. The van der Waals surface area contributed by atoms with Gasteiger partial charge in [0.15, 0.2) is 11.6 Å². The van der Waals surface area contributed by atoms with E-state index in [2.05, 4.69) is 14.9 Å². The number of benzene rings is 2. The quantitative estimate of drug-likeness (QED) is 0.532. The number of rotatable bonds is 2. The third kappa shape index (κ3) is 2.09. The normalized spacial score (nSPS) is 10.7. The first-order valence-corrected chi connectivity index (χ1v) is 5.53. The van der Waals surface area contributed by atoms with Crippen LogP contribution in [0, 0.1) is 11.6 Å². The van der Waals surface area contributed by atoms with Crippen molar-refractivity contribution in [1.29, 1.82) is 0 Å². The Kier molecular flexibility index (Phi) is 2.86. The zero-order chi connectivity index (χ0) is 14.1. The first-order valence-electron chi connectivity index (χ1n) is 5.53. The topological polar surface area (TPSA) is 65.2 Å². The van der Waals surface area contributed by atoms with Gasteiger partial charge in [0.1, 0.15) is 11.0 Å². The van der Waals surface area contributed by atoms with Crippen molar-refractivity contribution in [2.24, 2.45) is 0 Å². The number of halogens is 2. The Labute approximate surface area is 110 Å². The lowest BCUT2D eigenvalue weighted by atomic mass is 10.2. The van der Waals surface area contributed by atoms with E-state index in [4.69, 9.17) is 4.74 Å². The van der Waals surface area contributed by atoms with Gasteiger partial charge in [-0.05, 0) is 40.6 Å². The summed E-state index contributed by atoms with van der Waals surface area (Å²) in [6, 6.07) is 7.64. The van der Waals surface area contributed by atoms with E-state index in [-0.39, 0.29) is 5.56 Å². The van der Waals surface area contributed by atoms with E-state index in [1.165, 1.54) is 24.3 Å². The van der Waals surface area contributed by atoms with E-state index in [0.29, 0.717) is 11.0 Å². The molecule has 0 radical (unpaired) electrons. The molecule has 3 rings (SSSR count). The van der Waals surface area contributed by atoms with Crippen LogP contribution < -0.4 is 4.74 Å². The maximum Gasteiger partial charge on any atom is 0.343 e. The molecule has 0 N–H and O–H groups in total.